The molecule has 3 atom stereocenters. The Kier molecular flexibility index (Phi) is 2.94. The van der Waals surface area contributed by atoms with Gasteiger partial charge in [-0.05, 0) is 37.0 Å². The fourth-order valence-electron chi connectivity index (χ4n) is 1.94. The normalized spacial score (nSPS) is 39.5. The van der Waals surface area contributed by atoms with Crippen molar-refractivity contribution in [2.45, 2.75) is 46.1 Å². The van der Waals surface area contributed by atoms with Gasteiger partial charge in [0.05, 0.1) is 6.10 Å². The fourth-order valence-corrected chi connectivity index (χ4v) is 1.94. The number of aliphatic hydroxyl groups is 1. The molecule has 1 heteroatoms. The van der Waals surface area contributed by atoms with E-state index in [0.29, 0.717) is 5.92 Å². The highest BCUT2D eigenvalue weighted by Crippen LogP contribution is 2.32. The summed E-state index contributed by atoms with van der Waals surface area (Å²) in [6, 6.07) is 0. The third-order valence-corrected chi connectivity index (χ3v) is 3.14. The van der Waals surface area contributed by atoms with Gasteiger partial charge < -0.3 is 5.11 Å². The van der Waals surface area contributed by atoms with Crippen LogP contribution in [0, 0.1) is 17.8 Å². The van der Waals surface area contributed by atoms with Crippen LogP contribution in [0.5, 0.6) is 0 Å². The third kappa shape index (κ3) is 2.19. The van der Waals surface area contributed by atoms with Crippen LogP contribution < -0.4 is 0 Å². The lowest BCUT2D eigenvalue weighted by Crippen LogP contribution is -2.29. The summed E-state index contributed by atoms with van der Waals surface area (Å²) < 4.78 is 0. The molecule has 0 heterocycles. The first kappa shape index (κ1) is 9.05. The van der Waals surface area contributed by atoms with E-state index in [4.69, 9.17) is 0 Å². The molecule has 0 amide bonds. The molecule has 1 N–H and O–H groups in total. The van der Waals surface area contributed by atoms with E-state index in [9.17, 15) is 5.11 Å². The summed E-state index contributed by atoms with van der Waals surface area (Å²) in [5, 5.41) is 9.60. The Balaban J connectivity index is 2.40. The summed E-state index contributed by atoms with van der Waals surface area (Å²) in [6.07, 6.45) is 3.52. The average Bonchev–Trinajstić information content (AvgIpc) is 1.94. The van der Waals surface area contributed by atoms with E-state index in [0.717, 1.165) is 18.3 Å². The lowest BCUT2D eigenvalue weighted by Gasteiger charge is -2.33. The molecule has 1 fully saturated rings. The molecule has 0 radical (unpaired) electrons. The zero-order valence-electron chi connectivity index (χ0n) is 7.88. The van der Waals surface area contributed by atoms with Crippen molar-refractivity contribution in [3.8, 4) is 0 Å². The van der Waals surface area contributed by atoms with Gasteiger partial charge in [0.2, 0.25) is 0 Å². The fraction of sp³-hybridized carbons (Fsp3) is 1.00. The van der Waals surface area contributed by atoms with Gasteiger partial charge in [0.15, 0.2) is 0 Å². The number of hydrogen-bond acceptors (Lipinski definition) is 1. The van der Waals surface area contributed by atoms with Gasteiger partial charge >= 0.3 is 0 Å². The van der Waals surface area contributed by atoms with Gasteiger partial charge in [0.1, 0.15) is 0 Å². The lowest BCUT2D eigenvalue weighted by molar-refractivity contribution is 0.0410. The lowest BCUT2D eigenvalue weighted by atomic mass is 9.76. The van der Waals surface area contributed by atoms with Crippen molar-refractivity contribution in [2.75, 3.05) is 0 Å². The Morgan fingerprint density at radius 3 is 2.36 bits per heavy atom. The van der Waals surface area contributed by atoms with Crippen LogP contribution in [0.25, 0.3) is 0 Å². The van der Waals surface area contributed by atoms with Crippen molar-refractivity contribution in [3.63, 3.8) is 0 Å². The largest absolute Gasteiger partial charge is 0.393 e. The predicted molar refractivity (Wildman–Crippen MR) is 47.3 cm³/mol. The number of hydrogen-bond donors (Lipinski definition) is 1. The van der Waals surface area contributed by atoms with Crippen LogP contribution in [0.2, 0.25) is 0 Å². The van der Waals surface area contributed by atoms with Crippen molar-refractivity contribution in [1.82, 2.24) is 0 Å². The molecule has 0 bridgehead atoms. The first-order chi connectivity index (χ1) is 5.11. The highest BCUT2D eigenvalue weighted by Gasteiger charge is 2.27. The second-order valence-electron chi connectivity index (χ2n) is 4.36. The minimum atomic E-state index is -0.0313. The highest BCUT2D eigenvalue weighted by molar-refractivity contribution is 4.78. The van der Waals surface area contributed by atoms with Crippen molar-refractivity contribution < 1.29 is 5.11 Å². The van der Waals surface area contributed by atoms with Gasteiger partial charge in [0.25, 0.3) is 0 Å². The molecular formula is C10H20O. The molecule has 1 unspecified atom stereocenters. The molecule has 0 aromatic rings. The topological polar surface area (TPSA) is 20.2 Å². The zero-order chi connectivity index (χ0) is 8.43. The van der Waals surface area contributed by atoms with Gasteiger partial charge in [-0.1, -0.05) is 20.8 Å². The Bertz CT molecular complexity index is 120. The Labute approximate surface area is 69.8 Å². The van der Waals surface area contributed by atoms with Crippen LogP contribution >= 0.6 is 0 Å². The summed E-state index contributed by atoms with van der Waals surface area (Å²) in [5.41, 5.74) is 0. The van der Waals surface area contributed by atoms with Crippen LogP contribution in [0.3, 0.4) is 0 Å². The van der Waals surface area contributed by atoms with Gasteiger partial charge in [-0.15, -0.1) is 0 Å². The zero-order valence-corrected chi connectivity index (χ0v) is 7.88. The van der Waals surface area contributed by atoms with Gasteiger partial charge in [-0.3, -0.25) is 0 Å². The Morgan fingerprint density at radius 2 is 1.91 bits per heavy atom. The molecule has 0 aromatic carbocycles. The maximum absolute atomic E-state index is 9.60. The van der Waals surface area contributed by atoms with Crippen molar-refractivity contribution >= 4 is 0 Å². The highest BCUT2D eigenvalue weighted by atomic mass is 16.3. The van der Waals surface area contributed by atoms with E-state index in [1.54, 1.807) is 0 Å². The second-order valence-corrected chi connectivity index (χ2v) is 4.36. The molecule has 1 rings (SSSR count). The van der Waals surface area contributed by atoms with Crippen LogP contribution in [0.1, 0.15) is 40.0 Å². The van der Waals surface area contributed by atoms with Crippen molar-refractivity contribution in [1.29, 1.82) is 0 Å². The van der Waals surface area contributed by atoms with Crippen LogP contribution in [0.15, 0.2) is 0 Å². The smallest absolute Gasteiger partial charge is 0.0568 e. The Morgan fingerprint density at radius 1 is 1.27 bits per heavy atom. The molecule has 0 aromatic heterocycles. The average molecular weight is 156 g/mol. The first-order valence-corrected chi connectivity index (χ1v) is 4.79. The van der Waals surface area contributed by atoms with Crippen LogP contribution in [-0.4, -0.2) is 11.2 Å². The van der Waals surface area contributed by atoms with Gasteiger partial charge in [-0.2, -0.15) is 0 Å². The van der Waals surface area contributed by atoms with E-state index in [1.807, 2.05) is 0 Å². The molecule has 1 aliphatic rings. The van der Waals surface area contributed by atoms with Crippen LogP contribution in [0.4, 0.5) is 0 Å². The molecule has 0 aliphatic heterocycles. The van der Waals surface area contributed by atoms with Crippen molar-refractivity contribution in [2.24, 2.45) is 17.8 Å². The van der Waals surface area contributed by atoms with Gasteiger partial charge in [0, 0.05) is 0 Å². The molecule has 1 saturated carbocycles. The molecular weight excluding hydrogens is 136 g/mol. The summed E-state index contributed by atoms with van der Waals surface area (Å²) in [6.45, 7) is 6.67. The molecule has 1 nitrogen and oxygen atoms in total. The van der Waals surface area contributed by atoms with Crippen LogP contribution in [-0.2, 0) is 0 Å². The number of rotatable bonds is 1. The summed E-state index contributed by atoms with van der Waals surface area (Å²) in [7, 11) is 0. The van der Waals surface area contributed by atoms with E-state index < -0.39 is 0 Å². The monoisotopic (exact) mass is 156 g/mol. The minimum Gasteiger partial charge on any atom is -0.393 e. The summed E-state index contributed by atoms with van der Waals surface area (Å²) in [4.78, 5) is 0. The summed E-state index contributed by atoms with van der Waals surface area (Å²) in [5.74, 6) is 2.04. The minimum absolute atomic E-state index is 0.0313. The molecule has 0 saturated heterocycles. The second kappa shape index (κ2) is 3.57. The van der Waals surface area contributed by atoms with E-state index in [2.05, 4.69) is 20.8 Å². The van der Waals surface area contributed by atoms with E-state index in [-0.39, 0.29) is 6.10 Å². The molecule has 66 valence electrons. The predicted octanol–water partition coefficient (Wildman–Crippen LogP) is 2.44. The van der Waals surface area contributed by atoms with Gasteiger partial charge in [-0.25, -0.2) is 0 Å². The maximum atomic E-state index is 9.60. The van der Waals surface area contributed by atoms with Crippen molar-refractivity contribution in [3.05, 3.63) is 0 Å². The maximum Gasteiger partial charge on any atom is 0.0568 e. The van der Waals surface area contributed by atoms with E-state index >= 15 is 0 Å². The number of aliphatic hydroxyl groups excluding tert-OH is 1. The molecule has 11 heavy (non-hydrogen) atoms. The molecule has 0 spiro atoms. The Hall–Kier alpha value is -0.0400. The summed E-state index contributed by atoms with van der Waals surface area (Å²) >= 11 is 0. The SMILES string of the molecule is CC(C)[C@H]1CCC(C)[C@@H](O)C1. The third-order valence-electron chi connectivity index (χ3n) is 3.14. The molecule has 1 aliphatic carbocycles. The quantitative estimate of drug-likeness (QED) is 0.618. The van der Waals surface area contributed by atoms with E-state index in [1.165, 1.54) is 12.8 Å². The standard InChI is InChI=1S/C10H20O/c1-7(2)9-5-4-8(3)10(11)6-9/h7-11H,4-6H2,1-3H3/t8?,9-,10-/m0/s1. The first-order valence-electron chi connectivity index (χ1n) is 4.79.